The van der Waals surface area contributed by atoms with Crippen LogP contribution in [0.15, 0.2) is 42.5 Å². The zero-order valence-electron chi connectivity index (χ0n) is 11.9. The van der Waals surface area contributed by atoms with Gasteiger partial charge in [-0.05, 0) is 31.2 Å². The predicted molar refractivity (Wildman–Crippen MR) is 87.1 cm³/mol. The standard InChI is InChI=1S/C16H16N2O2S/c1-3-20-12-9-10-13(19-2)15-14(12)18-16(21-15)17-11-7-5-4-6-8-11/h4-10H,3H2,1-2H3,(H,17,18). The Hall–Kier alpha value is -2.27. The number of para-hydroxylation sites is 1. The Morgan fingerprint density at radius 2 is 1.86 bits per heavy atom. The molecule has 0 aliphatic rings. The zero-order valence-corrected chi connectivity index (χ0v) is 12.7. The number of benzene rings is 2. The van der Waals surface area contributed by atoms with Crippen LogP contribution in [-0.2, 0) is 0 Å². The Labute approximate surface area is 127 Å². The van der Waals surface area contributed by atoms with Crippen LogP contribution >= 0.6 is 11.3 Å². The van der Waals surface area contributed by atoms with Crippen LogP contribution in [0.3, 0.4) is 0 Å². The van der Waals surface area contributed by atoms with E-state index in [1.165, 1.54) is 0 Å². The van der Waals surface area contributed by atoms with Crippen molar-refractivity contribution in [3.05, 3.63) is 42.5 Å². The number of aromatic nitrogens is 1. The number of fused-ring (bicyclic) bond motifs is 1. The topological polar surface area (TPSA) is 43.4 Å². The third-order valence-electron chi connectivity index (χ3n) is 3.02. The summed E-state index contributed by atoms with van der Waals surface area (Å²) in [7, 11) is 1.67. The summed E-state index contributed by atoms with van der Waals surface area (Å²) in [4.78, 5) is 4.64. The van der Waals surface area contributed by atoms with Gasteiger partial charge in [0.1, 0.15) is 21.7 Å². The highest BCUT2D eigenvalue weighted by Crippen LogP contribution is 2.39. The molecule has 1 N–H and O–H groups in total. The second-order valence-corrected chi connectivity index (χ2v) is 5.39. The first kappa shape index (κ1) is 13.7. The molecular weight excluding hydrogens is 284 g/mol. The van der Waals surface area contributed by atoms with E-state index in [4.69, 9.17) is 9.47 Å². The molecule has 3 rings (SSSR count). The number of thiazole rings is 1. The van der Waals surface area contributed by atoms with E-state index in [0.717, 1.165) is 32.5 Å². The van der Waals surface area contributed by atoms with Crippen LogP contribution in [0, 0.1) is 0 Å². The van der Waals surface area contributed by atoms with Crippen molar-refractivity contribution in [1.29, 1.82) is 0 Å². The van der Waals surface area contributed by atoms with Gasteiger partial charge in [-0.2, -0.15) is 0 Å². The monoisotopic (exact) mass is 300 g/mol. The van der Waals surface area contributed by atoms with Gasteiger partial charge < -0.3 is 14.8 Å². The van der Waals surface area contributed by atoms with E-state index in [0.29, 0.717) is 6.61 Å². The maximum atomic E-state index is 5.64. The quantitative estimate of drug-likeness (QED) is 0.756. The van der Waals surface area contributed by atoms with Crippen molar-refractivity contribution < 1.29 is 9.47 Å². The number of hydrogen-bond donors (Lipinski definition) is 1. The molecule has 0 radical (unpaired) electrons. The van der Waals surface area contributed by atoms with E-state index in [1.807, 2.05) is 49.4 Å². The fraction of sp³-hybridized carbons (Fsp3) is 0.188. The van der Waals surface area contributed by atoms with Gasteiger partial charge >= 0.3 is 0 Å². The van der Waals surface area contributed by atoms with Crippen molar-refractivity contribution in [3.63, 3.8) is 0 Å². The van der Waals surface area contributed by atoms with Gasteiger partial charge in [0.05, 0.1) is 13.7 Å². The highest BCUT2D eigenvalue weighted by atomic mass is 32.1. The molecule has 0 aliphatic heterocycles. The molecule has 3 aromatic rings. The first-order valence-corrected chi connectivity index (χ1v) is 7.56. The van der Waals surface area contributed by atoms with E-state index in [1.54, 1.807) is 18.4 Å². The van der Waals surface area contributed by atoms with Gasteiger partial charge in [0, 0.05) is 5.69 Å². The molecule has 0 aliphatic carbocycles. The summed E-state index contributed by atoms with van der Waals surface area (Å²) in [6.45, 7) is 2.58. The number of nitrogens with one attached hydrogen (secondary N) is 1. The molecule has 1 aromatic heterocycles. The molecule has 0 saturated carbocycles. The van der Waals surface area contributed by atoms with Crippen molar-refractivity contribution in [2.24, 2.45) is 0 Å². The zero-order chi connectivity index (χ0) is 14.7. The Kier molecular flexibility index (Phi) is 3.92. The Balaban J connectivity index is 2.03. The lowest BCUT2D eigenvalue weighted by molar-refractivity contribution is 0.343. The maximum Gasteiger partial charge on any atom is 0.188 e. The third-order valence-corrected chi connectivity index (χ3v) is 4.00. The van der Waals surface area contributed by atoms with Crippen LogP contribution in [0.5, 0.6) is 11.5 Å². The van der Waals surface area contributed by atoms with Crippen molar-refractivity contribution in [2.45, 2.75) is 6.92 Å². The second kappa shape index (κ2) is 6.01. The van der Waals surface area contributed by atoms with Gasteiger partial charge in [0.2, 0.25) is 0 Å². The second-order valence-electron chi connectivity index (χ2n) is 4.39. The summed E-state index contributed by atoms with van der Waals surface area (Å²) in [5.74, 6) is 1.60. The summed E-state index contributed by atoms with van der Waals surface area (Å²) >= 11 is 1.56. The van der Waals surface area contributed by atoms with Crippen LogP contribution in [0.1, 0.15) is 6.92 Å². The van der Waals surface area contributed by atoms with E-state index in [2.05, 4.69) is 10.3 Å². The summed E-state index contributed by atoms with van der Waals surface area (Å²) in [6.07, 6.45) is 0. The lowest BCUT2D eigenvalue weighted by Crippen LogP contribution is -1.93. The molecule has 0 spiro atoms. The molecule has 0 saturated heterocycles. The number of hydrogen-bond acceptors (Lipinski definition) is 5. The third kappa shape index (κ3) is 2.78. The largest absolute Gasteiger partial charge is 0.495 e. The average Bonchev–Trinajstić information content (AvgIpc) is 2.93. The van der Waals surface area contributed by atoms with Gasteiger partial charge in [-0.25, -0.2) is 4.98 Å². The molecule has 0 fully saturated rings. The smallest absolute Gasteiger partial charge is 0.188 e. The summed E-state index contributed by atoms with van der Waals surface area (Å²) in [5.41, 5.74) is 1.84. The van der Waals surface area contributed by atoms with Crippen LogP contribution < -0.4 is 14.8 Å². The van der Waals surface area contributed by atoms with Gasteiger partial charge in [0.15, 0.2) is 5.13 Å². The van der Waals surface area contributed by atoms with Crippen LogP contribution in [-0.4, -0.2) is 18.7 Å². The summed E-state index contributed by atoms with van der Waals surface area (Å²) < 4.78 is 12.0. The lowest BCUT2D eigenvalue weighted by atomic mass is 10.3. The highest BCUT2D eigenvalue weighted by Gasteiger charge is 2.14. The fourth-order valence-electron chi connectivity index (χ4n) is 2.09. The number of anilines is 2. The molecule has 0 unspecified atom stereocenters. The highest BCUT2D eigenvalue weighted by molar-refractivity contribution is 7.22. The molecule has 21 heavy (non-hydrogen) atoms. The Morgan fingerprint density at radius 1 is 1.10 bits per heavy atom. The SMILES string of the molecule is CCOc1ccc(OC)c2sc(Nc3ccccc3)nc12. The molecule has 0 atom stereocenters. The van der Waals surface area contributed by atoms with Gasteiger partial charge in [0.25, 0.3) is 0 Å². The summed E-state index contributed by atoms with van der Waals surface area (Å²) in [6, 6.07) is 13.8. The van der Waals surface area contributed by atoms with Gasteiger partial charge in [-0.15, -0.1) is 0 Å². The molecule has 1 heterocycles. The minimum Gasteiger partial charge on any atom is -0.495 e. The maximum absolute atomic E-state index is 5.64. The molecular formula is C16H16N2O2S. The minimum absolute atomic E-state index is 0.612. The van der Waals surface area contributed by atoms with E-state index in [9.17, 15) is 0 Å². The average molecular weight is 300 g/mol. The summed E-state index contributed by atoms with van der Waals surface area (Å²) in [5, 5.41) is 4.13. The van der Waals surface area contributed by atoms with E-state index >= 15 is 0 Å². The van der Waals surface area contributed by atoms with Gasteiger partial charge in [-0.3, -0.25) is 0 Å². The van der Waals surface area contributed by atoms with Crippen molar-refractivity contribution in [1.82, 2.24) is 4.98 Å². The normalized spacial score (nSPS) is 10.6. The molecule has 108 valence electrons. The molecule has 0 bridgehead atoms. The van der Waals surface area contributed by atoms with Crippen LogP contribution in [0.25, 0.3) is 10.2 Å². The lowest BCUT2D eigenvalue weighted by Gasteiger charge is -2.05. The fourth-order valence-corrected chi connectivity index (χ4v) is 3.09. The molecule has 0 amide bonds. The molecule has 2 aromatic carbocycles. The van der Waals surface area contributed by atoms with Gasteiger partial charge in [-0.1, -0.05) is 29.5 Å². The first-order valence-electron chi connectivity index (χ1n) is 6.74. The molecule has 4 nitrogen and oxygen atoms in total. The number of rotatable bonds is 5. The predicted octanol–water partition coefficient (Wildman–Crippen LogP) is 4.45. The number of ether oxygens (including phenoxy) is 2. The Bertz CT molecular complexity index is 741. The number of nitrogens with zero attached hydrogens (tertiary/aromatic N) is 1. The van der Waals surface area contributed by atoms with Crippen molar-refractivity contribution in [2.75, 3.05) is 19.0 Å². The Morgan fingerprint density at radius 3 is 2.57 bits per heavy atom. The number of methoxy groups -OCH3 is 1. The van der Waals surface area contributed by atoms with Crippen molar-refractivity contribution in [3.8, 4) is 11.5 Å². The van der Waals surface area contributed by atoms with Crippen molar-refractivity contribution >= 4 is 32.4 Å². The van der Waals surface area contributed by atoms with E-state index < -0.39 is 0 Å². The van der Waals surface area contributed by atoms with Crippen LogP contribution in [0.4, 0.5) is 10.8 Å². The van der Waals surface area contributed by atoms with E-state index in [-0.39, 0.29) is 0 Å². The molecule has 5 heteroatoms. The minimum atomic E-state index is 0.612. The first-order chi connectivity index (χ1) is 10.3. The van der Waals surface area contributed by atoms with Crippen LogP contribution in [0.2, 0.25) is 0 Å².